The predicted molar refractivity (Wildman–Crippen MR) is 94.5 cm³/mol. The number of H-pyrrole nitrogens is 1. The quantitative estimate of drug-likeness (QED) is 0.619. The molecule has 8 heteroatoms. The summed E-state index contributed by atoms with van der Waals surface area (Å²) in [4.78, 5) is 32.3. The van der Waals surface area contributed by atoms with Crippen LogP contribution in [-0.4, -0.2) is 27.0 Å². The normalized spacial score (nSPS) is 11.4. The van der Waals surface area contributed by atoms with E-state index < -0.39 is 0 Å². The van der Waals surface area contributed by atoms with Crippen LogP contribution in [0.3, 0.4) is 0 Å². The fourth-order valence-electron chi connectivity index (χ4n) is 2.56. The minimum atomic E-state index is -0.0902. The molecular formula is C15H13N5OS2. The van der Waals surface area contributed by atoms with E-state index >= 15 is 0 Å². The van der Waals surface area contributed by atoms with Crippen molar-refractivity contribution in [3.63, 3.8) is 0 Å². The Hall–Kier alpha value is -2.32. The molecule has 0 fully saturated rings. The summed E-state index contributed by atoms with van der Waals surface area (Å²) in [6.45, 7) is 2.53. The molecular weight excluding hydrogens is 330 g/mol. The number of fused-ring (bicyclic) bond motifs is 2. The van der Waals surface area contributed by atoms with Gasteiger partial charge in [-0.2, -0.15) is 0 Å². The number of rotatable bonds is 3. The number of thiophene rings is 2. The van der Waals surface area contributed by atoms with Crippen molar-refractivity contribution in [3.8, 4) is 0 Å². The van der Waals surface area contributed by atoms with Crippen molar-refractivity contribution < 1.29 is 0 Å². The minimum Gasteiger partial charge on any atom is -0.352 e. The van der Waals surface area contributed by atoms with Crippen LogP contribution in [0.15, 0.2) is 28.6 Å². The molecule has 1 N–H and O–H groups in total. The number of nitrogens with zero attached hydrogens (tertiary/aromatic N) is 4. The van der Waals surface area contributed by atoms with Gasteiger partial charge in [0.1, 0.15) is 27.5 Å². The van der Waals surface area contributed by atoms with Crippen LogP contribution in [0.4, 0.5) is 5.82 Å². The molecule has 0 saturated carbocycles. The molecule has 0 radical (unpaired) electrons. The van der Waals surface area contributed by atoms with Crippen LogP contribution in [0.5, 0.6) is 0 Å². The highest BCUT2D eigenvalue weighted by molar-refractivity contribution is 7.18. The molecule has 0 atom stereocenters. The van der Waals surface area contributed by atoms with Gasteiger partial charge in [0.05, 0.1) is 17.4 Å². The van der Waals surface area contributed by atoms with Crippen LogP contribution >= 0.6 is 22.7 Å². The van der Waals surface area contributed by atoms with Crippen LogP contribution in [0.25, 0.3) is 20.4 Å². The van der Waals surface area contributed by atoms with E-state index in [1.807, 2.05) is 23.4 Å². The second-order valence-electron chi connectivity index (χ2n) is 5.28. The number of nitrogens with one attached hydrogen (secondary N) is 1. The Morgan fingerprint density at radius 2 is 2.22 bits per heavy atom. The summed E-state index contributed by atoms with van der Waals surface area (Å²) < 4.78 is 0.661. The zero-order chi connectivity index (χ0) is 16.0. The number of aromatic amines is 1. The molecule has 0 saturated heterocycles. The lowest BCUT2D eigenvalue weighted by Crippen LogP contribution is -2.22. The Morgan fingerprint density at radius 3 is 3.09 bits per heavy atom. The van der Waals surface area contributed by atoms with Gasteiger partial charge in [0, 0.05) is 11.9 Å². The summed E-state index contributed by atoms with van der Waals surface area (Å²) >= 11 is 3.05. The summed E-state index contributed by atoms with van der Waals surface area (Å²) in [5.41, 5.74) is 0.647. The highest BCUT2D eigenvalue weighted by atomic mass is 32.1. The molecule has 0 aliphatic carbocycles. The van der Waals surface area contributed by atoms with Crippen molar-refractivity contribution in [1.29, 1.82) is 0 Å². The predicted octanol–water partition coefficient (Wildman–Crippen LogP) is 2.93. The Labute approximate surface area is 139 Å². The number of aryl methyl sites for hydroxylation is 1. The molecule has 4 heterocycles. The number of anilines is 1. The lowest BCUT2D eigenvalue weighted by Gasteiger charge is -2.17. The highest BCUT2D eigenvalue weighted by Crippen LogP contribution is 2.29. The van der Waals surface area contributed by atoms with Gasteiger partial charge in [0.15, 0.2) is 0 Å². The standard InChI is InChI=1S/C15H13N5OS2/c1-8-5-9-13(16-7-17-15(9)23-8)20(2)6-11-18-10-3-4-22-12(10)14(21)19-11/h3-5,7H,6H2,1-2H3,(H,18,19,21). The molecule has 0 spiro atoms. The maximum Gasteiger partial charge on any atom is 0.268 e. The lowest BCUT2D eigenvalue weighted by atomic mass is 10.3. The first-order chi connectivity index (χ1) is 11.1. The van der Waals surface area contributed by atoms with Gasteiger partial charge in [-0.15, -0.1) is 22.7 Å². The zero-order valence-electron chi connectivity index (χ0n) is 12.5. The van der Waals surface area contributed by atoms with Gasteiger partial charge in [-0.25, -0.2) is 15.0 Å². The van der Waals surface area contributed by atoms with Crippen LogP contribution in [0.2, 0.25) is 0 Å². The Morgan fingerprint density at radius 1 is 1.35 bits per heavy atom. The van der Waals surface area contributed by atoms with Crippen molar-refractivity contribution in [2.24, 2.45) is 0 Å². The third-order valence-electron chi connectivity index (χ3n) is 3.54. The number of hydrogen-bond acceptors (Lipinski definition) is 7. The topological polar surface area (TPSA) is 74.8 Å². The smallest absolute Gasteiger partial charge is 0.268 e. The third-order valence-corrected chi connectivity index (χ3v) is 5.40. The van der Waals surface area contributed by atoms with Crippen LogP contribution < -0.4 is 10.5 Å². The van der Waals surface area contributed by atoms with Crippen LogP contribution in [0.1, 0.15) is 10.7 Å². The average molecular weight is 343 g/mol. The van der Waals surface area contributed by atoms with Gasteiger partial charge in [-0.1, -0.05) is 0 Å². The maximum absolute atomic E-state index is 12.1. The fraction of sp³-hybridized carbons (Fsp3) is 0.200. The van der Waals surface area contributed by atoms with Gasteiger partial charge < -0.3 is 9.88 Å². The number of aromatic nitrogens is 4. The zero-order valence-corrected chi connectivity index (χ0v) is 14.2. The molecule has 0 unspecified atom stereocenters. The van der Waals surface area contributed by atoms with E-state index in [0.29, 0.717) is 17.1 Å². The van der Waals surface area contributed by atoms with Crippen LogP contribution in [-0.2, 0) is 6.54 Å². The first-order valence-electron chi connectivity index (χ1n) is 7.00. The summed E-state index contributed by atoms with van der Waals surface area (Å²) in [6.07, 6.45) is 1.57. The van der Waals surface area contributed by atoms with Gasteiger partial charge in [-0.05, 0) is 24.4 Å². The molecule has 4 aromatic rings. The largest absolute Gasteiger partial charge is 0.352 e. The van der Waals surface area contributed by atoms with E-state index in [1.54, 1.807) is 17.7 Å². The summed E-state index contributed by atoms with van der Waals surface area (Å²) in [5, 5.41) is 2.90. The fourth-order valence-corrected chi connectivity index (χ4v) is 4.13. The van der Waals surface area contributed by atoms with Gasteiger partial charge in [-0.3, -0.25) is 4.79 Å². The van der Waals surface area contributed by atoms with Crippen molar-refractivity contribution in [3.05, 3.63) is 44.9 Å². The SMILES string of the molecule is Cc1cc2c(N(C)Cc3nc4ccsc4c(=O)[nH]3)ncnc2s1. The van der Waals surface area contributed by atoms with E-state index in [-0.39, 0.29) is 5.56 Å². The molecule has 116 valence electrons. The minimum absolute atomic E-state index is 0.0902. The third kappa shape index (κ3) is 2.49. The van der Waals surface area contributed by atoms with Crippen molar-refractivity contribution >= 4 is 48.9 Å². The molecule has 4 rings (SSSR count). The second kappa shape index (κ2) is 5.39. The van der Waals surface area contributed by atoms with E-state index in [1.165, 1.54) is 16.2 Å². The Kier molecular flexibility index (Phi) is 3.35. The monoisotopic (exact) mass is 343 g/mol. The molecule has 6 nitrogen and oxygen atoms in total. The average Bonchev–Trinajstić information content (AvgIpc) is 3.11. The highest BCUT2D eigenvalue weighted by Gasteiger charge is 2.13. The van der Waals surface area contributed by atoms with E-state index in [0.717, 1.165) is 21.6 Å². The lowest BCUT2D eigenvalue weighted by molar-refractivity contribution is 0.829. The molecule has 0 bridgehead atoms. The summed E-state index contributed by atoms with van der Waals surface area (Å²) in [7, 11) is 1.94. The second-order valence-corrected chi connectivity index (χ2v) is 7.43. The maximum atomic E-state index is 12.1. The molecule has 4 aromatic heterocycles. The Balaban J connectivity index is 1.73. The van der Waals surface area contributed by atoms with Crippen molar-refractivity contribution in [1.82, 2.24) is 19.9 Å². The first-order valence-corrected chi connectivity index (χ1v) is 8.70. The Bertz CT molecular complexity index is 1060. The number of hydrogen-bond donors (Lipinski definition) is 1. The molecule has 0 aliphatic rings. The van der Waals surface area contributed by atoms with E-state index in [9.17, 15) is 4.79 Å². The summed E-state index contributed by atoms with van der Waals surface area (Å²) in [6, 6.07) is 3.95. The van der Waals surface area contributed by atoms with Gasteiger partial charge >= 0.3 is 0 Å². The summed E-state index contributed by atoms with van der Waals surface area (Å²) in [5.74, 6) is 1.47. The van der Waals surface area contributed by atoms with Gasteiger partial charge in [0.2, 0.25) is 0 Å². The van der Waals surface area contributed by atoms with Crippen molar-refractivity contribution in [2.75, 3.05) is 11.9 Å². The molecule has 23 heavy (non-hydrogen) atoms. The van der Waals surface area contributed by atoms with Gasteiger partial charge in [0.25, 0.3) is 5.56 Å². The first kappa shape index (κ1) is 14.3. The van der Waals surface area contributed by atoms with Crippen LogP contribution in [0, 0.1) is 6.92 Å². The van der Waals surface area contributed by atoms with Crippen molar-refractivity contribution in [2.45, 2.75) is 13.5 Å². The molecule has 0 aromatic carbocycles. The molecule has 0 amide bonds. The van der Waals surface area contributed by atoms with E-state index in [2.05, 4.69) is 32.9 Å². The van der Waals surface area contributed by atoms with E-state index in [4.69, 9.17) is 0 Å². The molecule has 0 aliphatic heterocycles.